The predicted molar refractivity (Wildman–Crippen MR) is 147 cm³/mol. The van der Waals surface area contributed by atoms with E-state index in [0.717, 1.165) is 5.56 Å². The average Bonchev–Trinajstić information content (AvgIpc) is 2.92. The van der Waals surface area contributed by atoms with Gasteiger partial charge in [0.2, 0.25) is 0 Å². The van der Waals surface area contributed by atoms with Gasteiger partial charge in [-0.25, -0.2) is 0 Å². The van der Waals surface area contributed by atoms with Crippen molar-refractivity contribution in [3.05, 3.63) is 94.0 Å². The van der Waals surface area contributed by atoms with Crippen LogP contribution >= 0.6 is 0 Å². The van der Waals surface area contributed by atoms with Gasteiger partial charge >= 0.3 is 0 Å². The molecule has 5 atom stereocenters. The number of carbonyl (C=O) groups excluding carboxylic acids is 2. The Bertz CT molecular complexity index is 1800. The van der Waals surface area contributed by atoms with E-state index in [-0.39, 0.29) is 60.6 Å². The van der Waals surface area contributed by atoms with E-state index >= 15 is 0 Å². The first-order valence-corrected chi connectivity index (χ1v) is 13.9. The molecule has 2 aromatic rings. The van der Waals surface area contributed by atoms with Crippen molar-refractivity contribution in [3.63, 3.8) is 0 Å². The summed E-state index contributed by atoms with van der Waals surface area (Å²) in [5.41, 5.74) is -1.12. The molecule has 0 unspecified atom stereocenters. The Kier molecular flexibility index (Phi) is 4.60. The lowest BCUT2D eigenvalue weighted by atomic mass is 9.47. The molecule has 0 saturated carbocycles. The highest BCUT2D eigenvalue weighted by atomic mass is 16.5. The lowest BCUT2D eigenvalue weighted by Gasteiger charge is -2.59. The Morgan fingerprint density at radius 3 is 2.19 bits per heavy atom. The molecule has 0 radical (unpaired) electrons. The first-order chi connectivity index (χ1) is 19.9. The van der Waals surface area contributed by atoms with Crippen molar-refractivity contribution >= 4 is 11.6 Å². The van der Waals surface area contributed by atoms with Gasteiger partial charge in [0.05, 0.1) is 17.4 Å². The van der Waals surface area contributed by atoms with Crippen LogP contribution in [0.25, 0.3) is 0 Å². The van der Waals surface area contributed by atoms with E-state index < -0.39 is 27.8 Å². The molecule has 0 aromatic heterocycles. The third kappa shape index (κ3) is 3.01. The molecule has 2 aliphatic heterocycles. The standard InChI is InChI=1S/C33H28O9/c1-30-10-16-4-23(36)26(39)8-21(16)33(3-2-18(34)6-28(33)41-14-30)29(30)19-12-32-13-31(40,15-42-27(32)9-22(19)35)11-17-5-24(37)25(38)7-20(17)32/h2-9,12,29,36-40H,10-11,13-15H2,1H3/t29-,30-,31+,32-,33+/m0/s1. The molecule has 4 aliphatic carbocycles. The third-order valence-electron chi connectivity index (χ3n) is 10.1. The smallest absolute Gasteiger partial charge is 0.185 e. The second-order valence-corrected chi connectivity index (χ2v) is 13.0. The molecule has 2 fully saturated rings. The third-order valence-corrected chi connectivity index (χ3v) is 10.1. The van der Waals surface area contributed by atoms with Gasteiger partial charge in [0.25, 0.3) is 0 Å². The minimum Gasteiger partial charge on any atom is -0.504 e. The van der Waals surface area contributed by atoms with Crippen LogP contribution in [-0.2, 0) is 42.7 Å². The van der Waals surface area contributed by atoms with Crippen LogP contribution in [0.15, 0.2) is 71.7 Å². The van der Waals surface area contributed by atoms with Gasteiger partial charge in [-0.1, -0.05) is 19.1 Å². The molecule has 214 valence electrons. The molecular weight excluding hydrogens is 540 g/mol. The van der Waals surface area contributed by atoms with Crippen LogP contribution in [0.5, 0.6) is 23.0 Å². The number of benzene rings is 2. The van der Waals surface area contributed by atoms with Crippen LogP contribution in [0.3, 0.4) is 0 Å². The fraction of sp³-hybridized carbons (Fsp3) is 0.333. The Hall–Kier alpha value is -4.50. The van der Waals surface area contributed by atoms with Gasteiger partial charge in [-0.05, 0) is 59.0 Å². The summed E-state index contributed by atoms with van der Waals surface area (Å²) in [4.78, 5) is 26.7. The topological polar surface area (TPSA) is 154 Å². The molecule has 6 aliphatic rings. The van der Waals surface area contributed by atoms with E-state index in [9.17, 15) is 35.1 Å². The van der Waals surface area contributed by atoms with Gasteiger partial charge in [-0.15, -0.1) is 0 Å². The van der Waals surface area contributed by atoms with Crippen LogP contribution in [0.2, 0.25) is 0 Å². The number of carbonyl (C=O) groups is 2. The fourth-order valence-electron chi connectivity index (χ4n) is 8.62. The van der Waals surface area contributed by atoms with E-state index in [0.29, 0.717) is 40.2 Å². The summed E-state index contributed by atoms with van der Waals surface area (Å²) in [6.07, 6.45) is 8.71. The van der Waals surface area contributed by atoms with Crippen LogP contribution in [-0.4, -0.2) is 55.9 Å². The maximum absolute atomic E-state index is 14.1. The molecule has 2 saturated heterocycles. The molecule has 42 heavy (non-hydrogen) atoms. The molecule has 2 aromatic carbocycles. The minimum absolute atomic E-state index is 0.0229. The average molecular weight is 569 g/mol. The molecule has 9 nitrogen and oxygen atoms in total. The number of aromatic hydroxyl groups is 4. The van der Waals surface area contributed by atoms with Gasteiger partial charge < -0.3 is 35.0 Å². The summed E-state index contributed by atoms with van der Waals surface area (Å²) in [7, 11) is 0. The number of fused-ring (bicyclic) bond motifs is 4. The van der Waals surface area contributed by atoms with Gasteiger partial charge in [0.15, 0.2) is 34.6 Å². The summed E-state index contributed by atoms with van der Waals surface area (Å²) in [6.45, 7) is 2.17. The van der Waals surface area contributed by atoms with Crippen LogP contribution in [0.1, 0.15) is 35.6 Å². The van der Waals surface area contributed by atoms with Gasteiger partial charge in [0, 0.05) is 41.9 Å². The summed E-state index contributed by atoms with van der Waals surface area (Å²) in [6, 6.07) is 5.94. The molecule has 4 bridgehead atoms. The van der Waals surface area contributed by atoms with Crippen LogP contribution in [0, 0.1) is 11.3 Å². The maximum atomic E-state index is 14.1. The molecule has 8 rings (SSSR count). The minimum atomic E-state index is -1.28. The molecule has 2 spiro atoms. The van der Waals surface area contributed by atoms with Crippen molar-refractivity contribution in [3.8, 4) is 23.0 Å². The lowest BCUT2D eigenvalue weighted by Crippen LogP contribution is -2.59. The van der Waals surface area contributed by atoms with E-state index in [1.807, 2.05) is 13.0 Å². The number of rotatable bonds is 1. The monoisotopic (exact) mass is 568 g/mol. The first kappa shape index (κ1) is 25.2. The Morgan fingerprint density at radius 1 is 0.810 bits per heavy atom. The normalized spacial score (nSPS) is 35.3. The fourth-order valence-corrected chi connectivity index (χ4v) is 8.62. The zero-order valence-electron chi connectivity index (χ0n) is 22.7. The zero-order chi connectivity index (χ0) is 29.4. The Morgan fingerprint density at radius 2 is 1.45 bits per heavy atom. The van der Waals surface area contributed by atoms with E-state index in [1.165, 1.54) is 42.5 Å². The maximum Gasteiger partial charge on any atom is 0.185 e. The van der Waals surface area contributed by atoms with E-state index in [4.69, 9.17) is 9.47 Å². The van der Waals surface area contributed by atoms with Gasteiger partial charge in [-0.3, -0.25) is 9.59 Å². The number of hydrogen-bond donors (Lipinski definition) is 5. The van der Waals surface area contributed by atoms with Crippen LogP contribution < -0.4 is 0 Å². The summed E-state index contributed by atoms with van der Waals surface area (Å²) in [5, 5.41) is 53.4. The summed E-state index contributed by atoms with van der Waals surface area (Å²) in [5.74, 6) is -1.61. The number of ether oxygens (including phenoxy) is 2. The number of allylic oxidation sites excluding steroid dienone is 6. The summed E-state index contributed by atoms with van der Waals surface area (Å²) < 4.78 is 12.3. The van der Waals surface area contributed by atoms with Crippen LogP contribution in [0.4, 0.5) is 0 Å². The van der Waals surface area contributed by atoms with Crippen molar-refractivity contribution in [1.82, 2.24) is 0 Å². The van der Waals surface area contributed by atoms with Crippen molar-refractivity contribution in [2.24, 2.45) is 11.3 Å². The predicted octanol–water partition coefficient (Wildman–Crippen LogP) is 3.02. The Balaban J connectivity index is 1.42. The quantitative estimate of drug-likeness (QED) is 0.327. The highest BCUT2D eigenvalue weighted by Gasteiger charge is 2.64. The summed E-state index contributed by atoms with van der Waals surface area (Å²) >= 11 is 0. The van der Waals surface area contributed by atoms with E-state index in [1.54, 1.807) is 6.08 Å². The number of phenolic OH excluding ortho intramolecular Hbond substituents is 4. The highest BCUT2D eigenvalue weighted by molar-refractivity contribution is 6.08. The second-order valence-electron chi connectivity index (χ2n) is 13.0. The van der Waals surface area contributed by atoms with Crippen molar-refractivity contribution < 1.29 is 44.6 Å². The second kappa shape index (κ2) is 7.66. The lowest BCUT2D eigenvalue weighted by molar-refractivity contribution is -0.117. The molecule has 2 heterocycles. The zero-order valence-corrected chi connectivity index (χ0v) is 22.7. The van der Waals surface area contributed by atoms with Crippen molar-refractivity contribution in [1.29, 1.82) is 0 Å². The first-order valence-electron chi connectivity index (χ1n) is 13.9. The highest BCUT2D eigenvalue weighted by Crippen LogP contribution is 2.64. The molecule has 0 amide bonds. The molecule has 5 N–H and O–H groups in total. The van der Waals surface area contributed by atoms with Crippen molar-refractivity contribution in [2.75, 3.05) is 13.2 Å². The molecule has 9 heteroatoms. The number of aliphatic hydroxyl groups is 1. The van der Waals surface area contributed by atoms with E-state index in [2.05, 4.69) is 0 Å². The number of ketones is 2. The van der Waals surface area contributed by atoms with Gasteiger partial charge in [-0.2, -0.15) is 0 Å². The largest absolute Gasteiger partial charge is 0.504 e. The Labute approximate surface area is 240 Å². The van der Waals surface area contributed by atoms with Gasteiger partial charge in [0.1, 0.15) is 23.7 Å². The van der Waals surface area contributed by atoms with Crippen molar-refractivity contribution in [2.45, 2.75) is 42.6 Å². The number of hydrogen-bond acceptors (Lipinski definition) is 9. The SMILES string of the molecule is C[C@@]12COC3=CC(=O)C=C[C@]3(c3cc(O)c(O)cc3C1)[C@H]2C1=C[C@@]23C[C@@](O)(COC2=CC1=O)Cc1cc(O)c(O)cc13. The molecular formula is C33H28O9. The number of phenols is 4.